The first-order chi connectivity index (χ1) is 9.57. The van der Waals surface area contributed by atoms with Crippen molar-refractivity contribution in [1.29, 1.82) is 0 Å². The number of benzene rings is 1. The molecule has 0 saturated carbocycles. The van der Waals surface area contributed by atoms with E-state index < -0.39 is 24.2 Å². The van der Waals surface area contributed by atoms with Crippen LogP contribution in [0.4, 0.5) is 0 Å². The standard InChI is InChI=1S/C9H10O4.2C2H4O2/c1-6(10)13-8-5-3-2-4-7(8)9(11)12;2*1-2(3)4/h2-5,9,11-12H,1H3;2*1H3,(H,3,4). The number of rotatable bonds is 2. The number of carbonyl (C=O) groups excluding carboxylic acids is 1. The lowest BCUT2D eigenvalue weighted by Crippen LogP contribution is -2.06. The Balaban J connectivity index is 0. The highest BCUT2D eigenvalue weighted by Gasteiger charge is 2.10. The third-order valence-electron chi connectivity index (χ3n) is 1.45. The second kappa shape index (κ2) is 11.4. The fraction of sp³-hybridized carbons (Fsp3) is 0.308. The molecular weight excluding hydrogens is 284 g/mol. The zero-order valence-corrected chi connectivity index (χ0v) is 11.8. The van der Waals surface area contributed by atoms with Gasteiger partial charge in [0, 0.05) is 20.8 Å². The van der Waals surface area contributed by atoms with Gasteiger partial charge in [0.2, 0.25) is 0 Å². The molecule has 8 heteroatoms. The normalized spacial score (nSPS) is 8.67. The quantitative estimate of drug-likeness (QED) is 0.356. The summed E-state index contributed by atoms with van der Waals surface area (Å²) in [7, 11) is 0. The summed E-state index contributed by atoms with van der Waals surface area (Å²) < 4.78 is 4.75. The molecule has 0 aliphatic heterocycles. The van der Waals surface area contributed by atoms with Crippen molar-refractivity contribution in [1.82, 2.24) is 0 Å². The predicted molar refractivity (Wildman–Crippen MR) is 71.5 cm³/mol. The first-order valence-electron chi connectivity index (χ1n) is 5.60. The molecule has 0 unspecified atom stereocenters. The monoisotopic (exact) mass is 302 g/mol. The Kier molecular flexibility index (Phi) is 11.3. The number of hydrogen-bond acceptors (Lipinski definition) is 6. The van der Waals surface area contributed by atoms with Crippen LogP contribution in [0.3, 0.4) is 0 Å². The minimum atomic E-state index is -1.63. The van der Waals surface area contributed by atoms with Crippen molar-refractivity contribution in [2.75, 3.05) is 0 Å². The van der Waals surface area contributed by atoms with Crippen LogP contribution < -0.4 is 4.74 Å². The van der Waals surface area contributed by atoms with E-state index in [0.29, 0.717) is 0 Å². The summed E-state index contributed by atoms with van der Waals surface area (Å²) in [6.45, 7) is 3.42. The van der Waals surface area contributed by atoms with Gasteiger partial charge >= 0.3 is 5.97 Å². The largest absolute Gasteiger partial charge is 0.481 e. The van der Waals surface area contributed by atoms with Crippen molar-refractivity contribution in [3.05, 3.63) is 29.8 Å². The van der Waals surface area contributed by atoms with Crippen molar-refractivity contribution < 1.29 is 39.5 Å². The summed E-state index contributed by atoms with van der Waals surface area (Å²) in [4.78, 5) is 28.6. The fourth-order valence-corrected chi connectivity index (χ4v) is 0.942. The Morgan fingerprint density at radius 2 is 1.33 bits per heavy atom. The van der Waals surface area contributed by atoms with Crippen LogP contribution in [0.5, 0.6) is 5.75 Å². The molecule has 1 aromatic carbocycles. The topological polar surface area (TPSA) is 141 Å². The molecule has 118 valence electrons. The molecule has 0 aliphatic carbocycles. The Hall–Kier alpha value is -2.45. The minimum absolute atomic E-state index is 0.171. The van der Waals surface area contributed by atoms with Crippen molar-refractivity contribution in [2.24, 2.45) is 0 Å². The lowest BCUT2D eigenvalue weighted by atomic mass is 10.2. The van der Waals surface area contributed by atoms with Gasteiger partial charge in [0.15, 0.2) is 6.29 Å². The molecule has 4 N–H and O–H groups in total. The van der Waals surface area contributed by atoms with E-state index in [2.05, 4.69) is 0 Å². The Bertz CT molecular complexity index is 447. The molecule has 0 aromatic heterocycles. The van der Waals surface area contributed by atoms with Crippen LogP contribution >= 0.6 is 0 Å². The van der Waals surface area contributed by atoms with Crippen molar-refractivity contribution >= 4 is 17.9 Å². The van der Waals surface area contributed by atoms with Crippen LogP contribution in [-0.4, -0.2) is 38.3 Å². The van der Waals surface area contributed by atoms with Crippen LogP contribution in [0.15, 0.2) is 24.3 Å². The van der Waals surface area contributed by atoms with E-state index in [-0.39, 0.29) is 11.3 Å². The fourth-order valence-electron chi connectivity index (χ4n) is 0.942. The first kappa shape index (κ1) is 20.9. The van der Waals surface area contributed by atoms with Gasteiger partial charge < -0.3 is 25.2 Å². The van der Waals surface area contributed by atoms with Crippen LogP contribution in [-0.2, 0) is 14.4 Å². The number of aliphatic hydroxyl groups is 2. The maximum Gasteiger partial charge on any atom is 0.308 e. The van der Waals surface area contributed by atoms with Gasteiger partial charge in [-0.15, -0.1) is 0 Å². The smallest absolute Gasteiger partial charge is 0.308 e. The Labute approximate surface area is 121 Å². The van der Waals surface area contributed by atoms with E-state index in [9.17, 15) is 4.79 Å². The molecule has 1 rings (SSSR count). The van der Waals surface area contributed by atoms with Crippen molar-refractivity contribution in [3.63, 3.8) is 0 Å². The molecule has 0 atom stereocenters. The number of aliphatic hydroxyl groups excluding tert-OH is 1. The Morgan fingerprint density at radius 3 is 1.67 bits per heavy atom. The lowest BCUT2D eigenvalue weighted by Gasteiger charge is -2.09. The van der Waals surface area contributed by atoms with Crippen LogP contribution in [0.2, 0.25) is 0 Å². The molecule has 0 radical (unpaired) electrons. The van der Waals surface area contributed by atoms with E-state index in [4.69, 9.17) is 34.8 Å². The average molecular weight is 302 g/mol. The number of hydrogen-bond donors (Lipinski definition) is 4. The van der Waals surface area contributed by atoms with Gasteiger partial charge in [-0.2, -0.15) is 0 Å². The van der Waals surface area contributed by atoms with Gasteiger partial charge in [0.1, 0.15) is 5.75 Å². The van der Waals surface area contributed by atoms with Gasteiger partial charge in [-0.1, -0.05) is 18.2 Å². The highest BCUT2D eigenvalue weighted by Crippen LogP contribution is 2.23. The second-order valence-electron chi connectivity index (χ2n) is 3.54. The second-order valence-corrected chi connectivity index (χ2v) is 3.54. The summed E-state index contributed by atoms with van der Waals surface area (Å²) in [5.74, 6) is -1.99. The van der Waals surface area contributed by atoms with Gasteiger partial charge in [0.25, 0.3) is 11.9 Å². The molecule has 1 aromatic rings. The third kappa shape index (κ3) is 15.5. The number of ether oxygens (including phenoxy) is 1. The molecule has 0 bridgehead atoms. The number of aliphatic carboxylic acids is 2. The highest BCUT2D eigenvalue weighted by molar-refractivity contribution is 5.69. The van der Waals surface area contributed by atoms with E-state index in [1.807, 2.05) is 0 Å². The molecule has 0 fully saturated rings. The summed E-state index contributed by atoms with van der Waals surface area (Å²) in [5.41, 5.74) is 0.178. The summed E-state index contributed by atoms with van der Waals surface area (Å²) in [5, 5.41) is 32.6. The zero-order chi connectivity index (χ0) is 17.0. The number of carboxylic acid groups (broad SMARTS) is 2. The van der Waals surface area contributed by atoms with Crippen molar-refractivity contribution in [2.45, 2.75) is 27.1 Å². The molecule has 0 heterocycles. The molecule has 0 saturated heterocycles. The molecule has 21 heavy (non-hydrogen) atoms. The van der Waals surface area contributed by atoms with Crippen LogP contribution in [0.1, 0.15) is 32.6 Å². The molecule has 0 spiro atoms. The van der Waals surface area contributed by atoms with Gasteiger partial charge in [-0.25, -0.2) is 0 Å². The van der Waals surface area contributed by atoms with Crippen molar-refractivity contribution in [3.8, 4) is 5.75 Å². The van der Waals surface area contributed by atoms with Crippen LogP contribution in [0, 0.1) is 0 Å². The zero-order valence-electron chi connectivity index (χ0n) is 11.8. The van der Waals surface area contributed by atoms with Gasteiger partial charge in [-0.05, 0) is 6.07 Å². The maximum atomic E-state index is 10.6. The highest BCUT2D eigenvalue weighted by atomic mass is 16.5. The van der Waals surface area contributed by atoms with E-state index >= 15 is 0 Å². The molecule has 0 aliphatic rings. The van der Waals surface area contributed by atoms with Crippen LogP contribution in [0.25, 0.3) is 0 Å². The maximum absolute atomic E-state index is 10.6. The van der Waals surface area contributed by atoms with E-state index in [1.54, 1.807) is 12.1 Å². The summed E-state index contributed by atoms with van der Waals surface area (Å²) in [6, 6.07) is 6.24. The number of carbonyl (C=O) groups is 3. The van der Waals surface area contributed by atoms with E-state index in [0.717, 1.165) is 13.8 Å². The minimum Gasteiger partial charge on any atom is -0.481 e. The Morgan fingerprint density at radius 1 is 0.952 bits per heavy atom. The summed E-state index contributed by atoms with van der Waals surface area (Å²) in [6.07, 6.45) is -1.63. The number of para-hydroxylation sites is 1. The van der Waals surface area contributed by atoms with Gasteiger partial charge in [-0.3, -0.25) is 14.4 Å². The molecule has 0 amide bonds. The lowest BCUT2D eigenvalue weighted by molar-refractivity contribution is -0.135. The van der Waals surface area contributed by atoms with E-state index in [1.165, 1.54) is 19.1 Å². The predicted octanol–water partition coefficient (Wildman–Crippen LogP) is 0.777. The molecule has 8 nitrogen and oxygen atoms in total. The first-order valence-corrected chi connectivity index (χ1v) is 5.60. The number of carboxylic acids is 2. The molecular formula is C13H18O8. The average Bonchev–Trinajstić information content (AvgIpc) is 2.26. The third-order valence-corrected chi connectivity index (χ3v) is 1.45. The summed E-state index contributed by atoms with van der Waals surface area (Å²) >= 11 is 0. The SMILES string of the molecule is CC(=O)O.CC(=O)O.CC(=O)Oc1ccccc1C(O)O. The van der Waals surface area contributed by atoms with Gasteiger partial charge in [0.05, 0.1) is 5.56 Å². The number of esters is 1.